The van der Waals surface area contributed by atoms with E-state index in [1.807, 2.05) is 12.4 Å². The van der Waals surface area contributed by atoms with E-state index in [1.54, 1.807) is 0 Å². The molecule has 41 heavy (non-hydrogen) atoms. The van der Waals surface area contributed by atoms with Gasteiger partial charge in [-0.3, -0.25) is 15.0 Å². The molecule has 0 saturated carbocycles. The van der Waals surface area contributed by atoms with Crippen molar-refractivity contribution in [2.75, 3.05) is 13.2 Å². The van der Waals surface area contributed by atoms with Crippen molar-refractivity contribution in [2.45, 2.75) is 64.1 Å². The molecule has 2 fully saturated rings. The van der Waals surface area contributed by atoms with Crippen molar-refractivity contribution in [1.82, 2.24) is 25.1 Å². The summed E-state index contributed by atoms with van der Waals surface area (Å²) in [6.45, 7) is 6.03. The first-order valence-corrected chi connectivity index (χ1v) is 15.0. The molecule has 2 aliphatic heterocycles. The lowest BCUT2D eigenvalue weighted by Gasteiger charge is -2.56. The van der Waals surface area contributed by atoms with Crippen molar-refractivity contribution in [3.05, 3.63) is 89.2 Å². The van der Waals surface area contributed by atoms with Gasteiger partial charge in [0, 0.05) is 52.6 Å². The molecule has 6 nitrogen and oxygen atoms in total. The van der Waals surface area contributed by atoms with Gasteiger partial charge in [-0.05, 0) is 79.8 Å². The Hall–Kier alpha value is -3.87. The maximum Gasteiger partial charge on any atom is 0.155 e. The summed E-state index contributed by atoms with van der Waals surface area (Å²) in [7, 11) is 0. The predicted molar refractivity (Wildman–Crippen MR) is 163 cm³/mol. The molecular weight excluding hydrogens is 506 g/mol. The molecule has 206 valence electrons. The molecule has 8 rings (SSSR count). The molecule has 6 heteroatoms. The standard InChI is InChI=1S/C35H35N5O/c1-21-13-22(2)33(36-17-21)24-4-6-25(7-5-24)34-32-15-28(18-37-35(32)39-38-34)27-8-3-23-9-11-29(12-10-26(23)14-27)40-30-16-31(40)20-41-19-30/h3-8,13-15,17-18,29-31H,9-12,16,19-20H2,1-2H3,(H,37,38,39)/t29-,30?,31?/m0/s1. The van der Waals surface area contributed by atoms with Crippen molar-refractivity contribution < 1.29 is 4.74 Å². The second-order valence-electron chi connectivity index (χ2n) is 12.2. The van der Waals surface area contributed by atoms with Crippen LogP contribution in [0.4, 0.5) is 0 Å². The van der Waals surface area contributed by atoms with Gasteiger partial charge in [0.05, 0.1) is 18.9 Å². The van der Waals surface area contributed by atoms with Crippen molar-refractivity contribution in [2.24, 2.45) is 0 Å². The number of hydrogen-bond acceptors (Lipinski definition) is 5. The second-order valence-corrected chi connectivity index (χ2v) is 12.2. The number of H-pyrrole nitrogens is 1. The first-order chi connectivity index (χ1) is 20.1. The molecule has 5 heterocycles. The molecular formula is C35H35N5O. The van der Waals surface area contributed by atoms with Crippen LogP contribution in [-0.2, 0) is 17.6 Å². The quantitative estimate of drug-likeness (QED) is 0.257. The average molecular weight is 542 g/mol. The van der Waals surface area contributed by atoms with Gasteiger partial charge in [-0.15, -0.1) is 0 Å². The Morgan fingerprint density at radius 2 is 1.46 bits per heavy atom. The van der Waals surface area contributed by atoms with Crippen LogP contribution in [0.15, 0.2) is 67.0 Å². The van der Waals surface area contributed by atoms with E-state index in [0.717, 1.165) is 65.2 Å². The van der Waals surface area contributed by atoms with Crippen LogP contribution >= 0.6 is 0 Å². The van der Waals surface area contributed by atoms with Crippen LogP contribution in [0.25, 0.3) is 44.7 Å². The summed E-state index contributed by atoms with van der Waals surface area (Å²) in [4.78, 5) is 12.2. The number of nitrogens with zero attached hydrogens (tertiary/aromatic N) is 4. The number of ether oxygens (including phenoxy) is 1. The fourth-order valence-electron chi connectivity index (χ4n) is 7.42. The highest BCUT2D eigenvalue weighted by molar-refractivity contribution is 5.93. The van der Waals surface area contributed by atoms with E-state index in [1.165, 1.54) is 47.1 Å². The first-order valence-electron chi connectivity index (χ1n) is 15.0. The van der Waals surface area contributed by atoms with E-state index < -0.39 is 0 Å². The van der Waals surface area contributed by atoms with Gasteiger partial charge in [0.2, 0.25) is 0 Å². The number of hydrogen-bond donors (Lipinski definition) is 1. The van der Waals surface area contributed by atoms with Gasteiger partial charge < -0.3 is 4.74 Å². The summed E-state index contributed by atoms with van der Waals surface area (Å²) >= 11 is 0. The lowest BCUT2D eigenvalue weighted by Crippen LogP contribution is -2.66. The van der Waals surface area contributed by atoms with E-state index in [4.69, 9.17) is 9.72 Å². The monoisotopic (exact) mass is 541 g/mol. The summed E-state index contributed by atoms with van der Waals surface area (Å²) < 4.78 is 5.75. The summed E-state index contributed by atoms with van der Waals surface area (Å²) in [6, 6.07) is 22.0. The van der Waals surface area contributed by atoms with E-state index in [-0.39, 0.29) is 0 Å². The first kappa shape index (κ1) is 24.9. The van der Waals surface area contributed by atoms with Crippen LogP contribution in [-0.4, -0.2) is 56.4 Å². The minimum atomic E-state index is 0.650. The zero-order chi connectivity index (χ0) is 27.5. The van der Waals surface area contributed by atoms with E-state index in [2.05, 4.69) is 88.5 Å². The fourth-order valence-corrected chi connectivity index (χ4v) is 7.42. The Morgan fingerprint density at radius 1 is 0.732 bits per heavy atom. The number of nitrogens with one attached hydrogen (secondary N) is 1. The largest absolute Gasteiger partial charge is 0.378 e. The Bertz CT molecular complexity index is 1740. The SMILES string of the molecule is Cc1cnc(-c2ccc(-c3n[nH]c4ncc(-c5ccc6c(c5)CC[C@@H](N5C7COCC5C7)CC6)cc34)cc2)c(C)c1. The third-order valence-corrected chi connectivity index (χ3v) is 9.53. The van der Waals surface area contributed by atoms with Gasteiger partial charge in [0.1, 0.15) is 5.69 Å². The fraction of sp³-hybridized carbons (Fsp3) is 0.343. The Labute approximate surface area is 240 Å². The third-order valence-electron chi connectivity index (χ3n) is 9.53. The normalized spacial score (nSPS) is 22.2. The van der Waals surface area contributed by atoms with Crippen LogP contribution in [0.3, 0.4) is 0 Å². The Balaban J connectivity index is 1.06. The third kappa shape index (κ3) is 4.37. The molecule has 0 radical (unpaired) electrons. The molecule has 2 aromatic carbocycles. The molecule has 2 saturated heterocycles. The number of rotatable bonds is 4. The Kier molecular flexibility index (Phi) is 6.01. The molecule has 3 atom stereocenters. The molecule has 5 aromatic rings. The zero-order valence-electron chi connectivity index (χ0n) is 23.7. The summed E-state index contributed by atoms with van der Waals surface area (Å²) in [5, 5.41) is 8.84. The molecule has 0 amide bonds. The van der Waals surface area contributed by atoms with Gasteiger partial charge in [0.15, 0.2) is 5.65 Å². The summed E-state index contributed by atoms with van der Waals surface area (Å²) in [5.74, 6) is 0. The summed E-state index contributed by atoms with van der Waals surface area (Å²) in [5.41, 5.74) is 12.7. The highest BCUT2D eigenvalue weighted by atomic mass is 16.5. The van der Waals surface area contributed by atoms with E-state index in [9.17, 15) is 0 Å². The van der Waals surface area contributed by atoms with Gasteiger partial charge in [-0.25, -0.2) is 4.98 Å². The van der Waals surface area contributed by atoms with E-state index >= 15 is 0 Å². The molecule has 0 spiro atoms. The minimum absolute atomic E-state index is 0.650. The van der Waals surface area contributed by atoms with Crippen molar-refractivity contribution in [3.63, 3.8) is 0 Å². The number of aromatic amines is 1. The van der Waals surface area contributed by atoms with Crippen molar-refractivity contribution in [3.8, 4) is 33.6 Å². The lowest BCUT2D eigenvalue weighted by molar-refractivity contribution is -0.148. The summed E-state index contributed by atoms with van der Waals surface area (Å²) in [6.07, 6.45) is 10.0. The number of aromatic nitrogens is 4. The van der Waals surface area contributed by atoms with Crippen LogP contribution in [0.5, 0.6) is 0 Å². The number of morpholine rings is 1. The van der Waals surface area contributed by atoms with Crippen LogP contribution < -0.4 is 0 Å². The minimum Gasteiger partial charge on any atom is -0.378 e. The van der Waals surface area contributed by atoms with Crippen LogP contribution in [0, 0.1) is 13.8 Å². The lowest BCUT2D eigenvalue weighted by atomic mass is 9.87. The zero-order valence-corrected chi connectivity index (χ0v) is 23.7. The number of pyridine rings is 2. The topological polar surface area (TPSA) is 66.9 Å². The van der Waals surface area contributed by atoms with Crippen LogP contribution in [0.1, 0.15) is 41.5 Å². The number of aryl methyl sites for hydroxylation is 4. The second kappa shape index (κ2) is 9.89. The molecule has 3 aromatic heterocycles. The average Bonchev–Trinajstić information content (AvgIpc) is 3.31. The van der Waals surface area contributed by atoms with Gasteiger partial charge >= 0.3 is 0 Å². The van der Waals surface area contributed by atoms with Gasteiger partial charge in [-0.2, -0.15) is 5.10 Å². The predicted octanol–water partition coefficient (Wildman–Crippen LogP) is 6.69. The van der Waals surface area contributed by atoms with Crippen molar-refractivity contribution >= 4 is 11.0 Å². The van der Waals surface area contributed by atoms with Gasteiger partial charge in [-0.1, -0.05) is 48.5 Å². The molecule has 1 aliphatic carbocycles. The van der Waals surface area contributed by atoms with E-state index in [0.29, 0.717) is 18.1 Å². The maximum atomic E-state index is 5.75. The maximum absolute atomic E-state index is 5.75. The van der Waals surface area contributed by atoms with Crippen molar-refractivity contribution in [1.29, 1.82) is 0 Å². The molecule has 3 aliphatic rings. The number of benzene rings is 2. The Morgan fingerprint density at radius 3 is 2.22 bits per heavy atom. The highest BCUT2D eigenvalue weighted by Gasteiger charge is 2.45. The van der Waals surface area contributed by atoms with Gasteiger partial charge in [0.25, 0.3) is 0 Å². The number of fused-ring (bicyclic) bond motifs is 4. The molecule has 1 N–H and O–H groups in total. The smallest absolute Gasteiger partial charge is 0.155 e. The molecule has 2 bridgehead atoms. The molecule has 2 unspecified atom stereocenters. The van der Waals surface area contributed by atoms with Crippen LogP contribution in [0.2, 0.25) is 0 Å². The highest BCUT2D eigenvalue weighted by Crippen LogP contribution is 2.38.